The van der Waals surface area contributed by atoms with Gasteiger partial charge in [0.15, 0.2) is 0 Å². The number of rotatable bonds is 2. The first kappa shape index (κ1) is 10.4. The van der Waals surface area contributed by atoms with E-state index in [0.29, 0.717) is 0 Å². The highest BCUT2D eigenvalue weighted by Gasteiger charge is 2.10. The molecule has 0 spiro atoms. The molecule has 3 heteroatoms. The normalized spacial score (nSPS) is 10.9. The first-order valence-electron chi connectivity index (χ1n) is 4.88. The molecule has 0 aliphatic rings. The summed E-state index contributed by atoms with van der Waals surface area (Å²) in [5, 5.41) is 1.26. The van der Waals surface area contributed by atoms with E-state index in [-0.39, 0.29) is 0 Å². The molecule has 0 radical (unpaired) electrons. The molecule has 1 aromatic carbocycles. The summed E-state index contributed by atoms with van der Waals surface area (Å²) >= 11 is 1.77. The predicted molar refractivity (Wildman–Crippen MR) is 66.1 cm³/mol. The lowest BCUT2D eigenvalue weighted by Crippen LogP contribution is -1.84. The third kappa shape index (κ3) is 1.61. The SMILES string of the molecule is COc1cc(C)c2[nH]c(C)c(SC)c2c1. The minimum absolute atomic E-state index is 0.925. The van der Waals surface area contributed by atoms with Crippen molar-refractivity contribution < 1.29 is 4.74 Å². The number of aromatic nitrogens is 1. The molecule has 2 aromatic rings. The number of fused-ring (bicyclic) bond motifs is 1. The second-order valence-electron chi connectivity index (χ2n) is 3.65. The Morgan fingerprint density at radius 1 is 1.27 bits per heavy atom. The number of benzene rings is 1. The molecular weight excluding hydrogens is 206 g/mol. The van der Waals surface area contributed by atoms with E-state index in [4.69, 9.17) is 4.74 Å². The Hall–Kier alpha value is -1.09. The number of H-pyrrole nitrogens is 1. The Morgan fingerprint density at radius 3 is 2.60 bits per heavy atom. The Kier molecular flexibility index (Phi) is 2.65. The van der Waals surface area contributed by atoms with Gasteiger partial charge >= 0.3 is 0 Å². The molecule has 0 bridgehead atoms. The van der Waals surface area contributed by atoms with E-state index in [0.717, 1.165) is 5.75 Å². The maximum atomic E-state index is 5.29. The van der Waals surface area contributed by atoms with E-state index < -0.39 is 0 Å². The summed E-state index contributed by atoms with van der Waals surface area (Å²) in [6.45, 7) is 4.21. The molecule has 1 N–H and O–H groups in total. The zero-order valence-electron chi connectivity index (χ0n) is 9.47. The molecule has 0 saturated heterocycles. The molecule has 0 atom stereocenters. The van der Waals surface area contributed by atoms with Gasteiger partial charge < -0.3 is 9.72 Å². The zero-order valence-corrected chi connectivity index (χ0v) is 10.3. The monoisotopic (exact) mass is 221 g/mol. The van der Waals surface area contributed by atoms with Crippen molar-refractivity contribution in [3.05, 3.63) is 23.4 Å². The summed E-state index contributed by atoms with van der Waals surface area (Å²) in [6, 6.07) is 4.15. The lowest BCUT2D eigenvalue weighted by atomic mass is 10.1. The van der Waals surface area contributed by atoms with Crippen molar-refractivity contribution in [3.63, 3.8) is 0 Å². The van der Waals surface area contributed by atoms with Crippen molar-refractivity contribution >= 4 is 22.7 Å². The molecule has 1 aromatic heterocycles. The average Bonchev–Trinajstić information content (AvgIpc) is 2.54. The quantitative estimate of drug-likeness (QED) is 0.785. The Labute approximate surface area is 94.0 Å². The second kappa shape index (κ2) is 3.81. The molecule has 15 heavy (non-hydrogen) atoms. The number of methoxy groups -OCH3 is 1. The van der Waals surface area contributed by atoms with Crippen molar-refractivity contribution in [3.8, 4) is 5.75 Å². The highest BCUT2D eigenvalue weighted by molar-refractivity contribution is 7.98. The molecule has 0 unspecified atom stereocenters. The summed E-state index contributed by atoms with van der Waals surface area (Å²) in [5.74, 6) is 0.925. The first-order valence-corrected chi connectivity index (χ1v) is 6.10. The molecular formula is C12H15NOS. The van der Waals surface area contributed by atoms with Crippen LogP contribution in [0.5, 0.6) is 5.75 Å². The van der Waals surface area contributed by atoms with Gasteiger partial charge in [0.25, 0.3) is 0 Å². The number of hydrogen-bond donors (Lipinski definition) is 1. The van der Waals surface area contributed by atoms with Crippen LogP contribution in [0.2, 0.25) is 0 Å². The summed E-state index contributed by atoms with van der Waals surface area (Å²) in [7, 11) is 1.71. The molecule has 0 amide bonds. The number of aromatic amines is 1. The molecule has 1 heterocycles. The highest BCUT2D eigenvalue weighted by Crippen LogP contribution is 2.34. The zero-order chi connectivity index (χ0) is 11.0. The Bertz CT molecular complexity index is 502. The van der Waals surface area contributed by atoms with Gasteiger partial charge in [-0.1, -0.05) is 0 Å². The minimum Gasteiger partial charge on any atom is -0.497 e. The first-order chi connectivity index (χ1) is 7.17. The lowest BCUT2D eigenvalue weighted by molar-refractivity contribution is 0.415. The summed E-state index contributed by atoms with van der Waals surface area (Å²) < 4.78 is 5.29. The van der Waals surface area contributed by atoms with Crippen LogP contribution >= 0.6 is 11.8 Å². The van der Waals surface area contributed by atoms with E-state index in [1.54, 1.807) is 18.9 Å². The third-order valence-corrected chi connectivity index (χ3v) is 3.58. The van der Waals surface area contributed by atoms with E-state index in [2.05, 4.69) is 37.2 Å². The number of thioether (sulfide) groups is 1. The van der Waals surface area contributed by atoms with Crippen molar-refractivity contribution in [1.82, 2.24) is 4.98 Å². The van der Waals surface area contributed by atoms with Crippen LogP contribution in [0.25, 0.3) is 10.9 Å². The fraction of sp³-hybridized carbons (Fsp3) is 0.333. The van der Waals surface area contributed by atoms with Gasteiger partial charge in [0.2, 0.25) is 0 Å². The van der Waals surface area contributed by atoms with E-state index in [1.807, 2.05) is 0 Å². The highest BCUT2D eigenvalue weighted by atomic mass is 32.2. The lowest BCUT2D eigenvalue weighted by Gasteiger charge is -2.03. The van der Waals surface area contributed by atoms with Crippen LogP contribution in [-0.4, -0.2) is 18.3 Å². The van der Waals surface area contributed by atoms with E-state index in [9.17, 15) is 0 Å². The Balaban J connectivity index is 2.80. The molecule has 2 rings (SSSR count). The number of ether oxygens (including phenoxy) is 1. The van der Waals surface area contributed by atoms with Crippen LogP contribution in [0, 0.1) is 13.8 Å². The second-order valence-corrected chi connectivity index (χ2v) is 4.47. The van der Waals surface area contributed by atoms with Crippen LogP contribution in [-0.2, 0) is 0 Å². The summed E-state index contributed by atoms with van der Waals surface area (Å²) in [4.78, 5) is 4.73. The van der Waals surface area contributed by atoms with Crippen LogP contribution < -0.4 is 4.74 Å². The predicted octanol–water partition coefficient (Wildman–Crippen LogP) is 3.52. The number of hydrogen-bond acceptors (Lipinski definition) is 2. The average molecular weight is 221 g/mol. The third-order valence-electron chi connectivity index (χ3n) is 2.65. The fourth-order valence-corrected chi connectivity index (χ4v) is 2.66. The van der Waals surface area contributed by atoms with Gasteiger partial charge in [-0.15, -0.1) is 11.8 Å². The number of nitrogens with one attached hydrogen (secondary N) is 1. The summed E-state index contributed by atoms with van der Waals surface area (Å²) in [6.07, 6.45) is 2.10. The van der Waals surface area contributed by atoms with Crippen molar-refractivity contribution in [2.45, 2.75) is 18.7 Å². The maximum Gasteiger partial charge on any atom is 0.119 e. The van der Waals surface area contributed by atoms with Gasteiger partial charge in [0, 0.05) is 21.5 Å². The van der Waals surface area contributed by atoms with Gasteiger partial charge in [0.1, 0.15) is 5.75 Å². The van der Waals surface area contributed by atoms with Crippen molar-refractivity contribution in [2.24, 2.45) is 0 Å². The van der Waals surface area contributed by atoms with Gasteiger partial charge in [-0.2, -0.15) is 0 Å². The molecule has 2 nitrogen and oxygen atoms in total. The van der Waals surface area contributed by atoms with Crippen molar-refractivity contribution in [2.75, 3.05) is 13.4 Å². The van der Waals surface area contributed by atoms with Crippen LogP contribution in [0.1, 0.15) is 11.3 Å². The van der Waals surface area contributed by atoms with Crippen LogP contribution in [0.3, 0.4) is 0 Å². The maximum absolute atomic E-state index is 5.29. The molecule has 0 fully saturated rings. The van der Waals surface area contributed by atoms with Gasteiger partial charge in [-0.3, -0.25) is 0 Å². The van der Waals surface area contributed by atoms with Crippen LogP contribution in [0.15, 0.2) is 17.0 Å². The van der Waals surface area contributed by atoms with Crippen molar-refractivity contribution in [1.29, 1.82) is 0 Å². The molecule has 0 aliphatic heterocycles. The van der Waals surface area contributed by atoms with Gasteiger partial charge in [-0.25, -0.2) is 0 Å². The smallest absolute Gasteiger partial charge is 0.119 e. The molecule has 0 saturated carbocycles. The Morgan fingerprint density at radius 2 is 2.00 bits per heavy atom. The molecule has 0 aliphatic carbocycles. The van der Waals surface area contributed by atoms with E-state index in [1.165, 1.54) is 27.1 Å². The topological polar surface area (TPSA) is 25.0 Å². The molecule has 80 valence electrons. The fourth-order valence-electron chi connectivity index (χ4n) is 1.93. The van der Waals surface area contributed by atoms with Gasteiger partial charge in [0.05, 0.1) is 7.11 Å². The number of aryl methyl sites for hydroxylation is 2. The standard InChI is InChI=1S/C12H15NOS/c1-7-5-9(14-3)6-10-11(7)13-8(2)12(10)15-4/h5-6,13H,1-4H3. The van der Waals surface area contributed by atoms with Gasteiger partial charge in [-0.05, 0) is 37.8 Å². The van der Waals surface area contributed by atoms with E-state index >= 15 is 0 Å². The van der Waals surface area contributed by atoms with Crippen LogP contribution in [0.4, 0.5) is 0 Å². The summed E-state index contributed by atoms with van der Waals surface area (Å²) in [5.41, 5.74) is 3.68. The minimum atomic E-state index is 0.925. The largest absolute Gasteiger partial charge is 0.497 e.